The van der Waals surface area contributed by atoms with Gasteiger partial charge in [0.15, 0.2) is 0 Å². The molecule has 1 saturated heterocycles. The molecule has 1 aromatic carbocycles. The number of benzene rings is 1. The van der Waals surface area contributed by atoms with E-state index in [1.807, 2.05) is 6.07 Å². The Labute approximate surface area is 123 Å². The first kappa shape index (κ1) is 15.5. The zero-order valence-electron chi connectivity index (χ0n) is 11.9. The van der Waals surface area contributed by atoms with E-state index >= 15 is 0 Å². The molecule has 1 aliphatic heterocycles. The van der Waals surface area contributed by atoms with E-state index in [4.69, 9.17) is 5.11 Å². The molecular formula is C16H20FNO3. The third kappa shape index (κ3) is 4.85. The van der Waals surface area contributed by atoms with E-state index in [-0.39, 0.29) is 24.1 Å². The molecule has 1 aliphatic rings. The van der Waals surface area contributed by atoms with Crippen molar-refractivity contribution in [2.24, 2.45) is 5.92 Å². The second-order valence-corrected chi connectivity index (χ2v) is 5.55. The van der Waals surface area contributed by atoms with Crippen molar-refractivity contribution in [3.05, 3.63) is 35.6 Å². The zero-order chi connectivity index (χ0) is 15.2. The summed E-state index contributed by atoms with van der Waals surface area (Å²) in [6.45, 7) is 1.25. The highest BCUT2D eigenvalue weighted by molar-refractivity contribution is 5.76. The largest absolute Gasteiger partial charge is 0.481 e. The number of hydrogen-bond acceptors (Lipinski definition) is 2. The Hall–Kier alpha value is -1.91. The fraction of sp³-hybridized carbons (Fsp3) is 0.500. The number of piperidine rings is 1. The fourth-order valence-corrected chi connectivity index (χ4v) is 2.74. The van der Waals surface area contributed by atoms with Crippen LogP contribution < -0.4 is 0 Å². The van der Waals surface area contributed by atoms with Gasteiger partial charge in [-0.1, -0.05) is 12.1 Å². The van der Waals surface area contributed by atoms with Crippen LogP contribution >= 0.6 is 0 Å². The minimum Gasteiger partial charge on any atom is -0.481 e. The number of carboxylic acid groups (broad SMARTS) is 1. The van der Waals surface area contributed by atoms with Crippen LogP contribution in [0.25, 0.3) is 0 Å². The predicted molar refractivity (Wildman–Crippen MR) is 76.3 cm³/mol. The van der Waals surface area contributed by atoms with Crippen LogP contribution in [0.3, 0.4) is 0 Å². The van der Waals surface area contributed by atoms with Crippen LogP contribution in [-0.2, 0) is 16.0 Å². The van der Waals surface area contributed by atoms with Gasteiger partial charge in [0, 0.05) is 25.9 Å². The van der Waals surface area contributed by atoms with Crippen LogP contribution in [-0.4, -0.2) is 35.0 Å². The Morgan fingerprint density at radius 1 is 1.29 bits per heavy atom. The Morgan fingerprint density at radius 2 is 2.00 bits per heavy atom. The molecule has 0 saturated carbocycles. The third-order valence-electron chi connectivity index (χ3n) is 3.95. The van der Waals surface area contributed by atoms with Gasteiger partial charge >= 0.3 is 5.97 Å². The molecule has 114 valence electrons. The van der Waals surface area contributed by atoms with E-state index < -0.39 is 5.97 Å². The summed E-state index contributed by atoms with van der Waals surface area (Å²) in [6.07, 6.45) is 2.58. The Balaban J connectivity index is 1.76. The number of likely N-dealkylation sites (tertiary alicyclic amines) is 1. The minimum atomic E-state index is -0.772. The Morgan fingerprint density at radius 3 is 2.62 bits per heavy atom. The molecule has 0 spiro atoms. The number of hydrogen-bond donors (Lipinski definition) is 1. The summed E-state index contributed by atoms with van der Waals surface area (Å²) in [5.74, 6) is -0.817. The number of carbonyl (C=O) groups excluding carboxylic acids is 1. The molecule has 1 aromatic rings. The van der Waals surface area contributed by atoms with Crippen LogP contribution in [0.4, 0.5) is 4.39 Å². The van der Waals surface area contributed by atoms with E-state index in [0.717, 1.165) is 18.4 Å². The first-order chi connectivity index (χ1) is 10.0. The molecule has 5 heteroatoms. The molecule has 4 nitrogen and oxygen atoms in total. The van der Waals surface area contributed by atoms with Crippen molar-refractivity contribution in [3.63, 3.8) is 0 Å². The van der Waals surface area contributed by atoms with Crippen molar-refractivity contribution in [2.45, 2.75) is 32.1 Å². The van der Waals surface area contributed by atoms with E-state index in [9.17, 15) is 14.0 Å². The van der Waals surface area contributed by atoms with Gasteiger partial charge in [-0.3, -0.25) is 9.59 Å². The predicted octanol–water partition coefficient (Wildman–Crippen LogP) is 2.47. The molecule has 2 rings (SSSR count). The van der Waals surface area contributed by atoms with Gasteiger partial charge in [0.1, 0.15) is 5.82 Å². The molecule has 0 aliphatic carbocycles. The smallest absolute Gasteiger partial charge is 0.303 e. The Bertz CT molecular complexity index is 510. The molecule has 0 unspecified atom stereocenters. The SMILES string of the molecule is O=C(O)CC1CCN(C(=O)CCc2cccc(F)c2)CC1. The zero-order valence-corrected chi connectivity index (χ0v) is 11.9. The molecule has 1 fully saturated rings. The first-order valence-electron chi connectivity index (χ1n) is 7.28. The molecule has 0 atom stereocenters. The minimum absolute atomic E-state index is 0.0630. The van der Waals surface area contributed by atoms with Gasteiger partial charge in [0.05, 0.1) is 0 Å². The van der Waals surface area contributed by atoms with E-state index in [1.165, 1.54) is 12.1 Å². The lowest BCUT2D eigenvalue weighted by Crippen LogP contribution is -2.39. The number of carboxylic acids is 1. The highest BCUT2D eigenvalue weighted by Gasteiger charge is 2.23. The van der Waals surface area contributed by atoms with Gasteiger partial charge < -0.3 is 10.0 Å². The number of aryl methyl sites for hydroxylation is 1. The van der Waals surface area contributed by atoms with Crippen molar-refractivity contribution in [3.8, 4) is 0 Å². The van der Waals surface area contributed by atoms with Crippen molar-refractivity contribution in [1.82, 2.24) is 4.90 Å². The lowest BCUT2D eigenvalue weighted by Gasteiger charge is -2.31. The Kier molecular flexibility index (Phi) is 5.31. The standard InChI is InChI=1S/C16H20FNO3/c17-14-3-1-2-12(10-14)4-5-15(19)18-8-6-13(7-9-18)11-16(20)21/h1-3,10,13H,4-9,11H2,(H,20,21). The average Bonchev–Trinajstić information content (AvgIpc) is 2.45. The maximum atomic E-state index is 13.1. The summed E-state index contributed by atoms with van der Waals surface area (Å²) in [5.41, 5.74) is 0.823. The van der Waals surface area contributed by atoms with Gasteiger partial charge in [-0.15, -0.1) is 0 Å². The fourth-order valence-electron chi connectivity index (χ4n) is 2.74. The monoisotopic (exact) mass is 293 g/mol. The number of amides is 1. The number of carbonyl (C=O) groups is 2. The topological polar surface area (TPSA) is 57.6 Å². The quantitative estimate of drug-likeness (QED) is 0.907. The third-order valence-corrected chi connectivity index (χ3v) is 3.95. The lowest BCUT2D eigenvalue weighted by atomic mass is 9.93. The maximum Gasteiger partial charge on any atom is 0.303 e. The summed E-state index contributed by atoms with van der Waals surface area (Å²) in [6, 6.07) is 6.30. The molecule has 1 heterocycles. The summed E-state index contributed by atoms with van der Waals surface area (Å²) in [5, 5.41) is 8.76. The highest BCUT2D eigenvalue weighted by Crippen LogP contribution is 2.21. The molecule has 0 bridgehead atoms. The van der Waals surface area contributed by atoms with Crippen LogP contribution in [0.1, 0.15) is 31.2 Å². The second-order valence-electron chi connectivity index (χ2n) is 5.55. The van der Waals surface area contributed by atoms with Gasteiger partial charge in [-0.25, -0.2) is 4.39 Å². The number of nitrogens with zero attached hydrogens (tertiary/aromatic N) is 1. The number of halogens is 1. The van der Waals surface area contributed by atoms with Crippen molar-refractivity contribution >= 4 is 11.9 Å². The van der Waals surface area contributed by atoms with Gasteiger partial charge in [0.2, 0.25) is 5.91 Å². The highest BCUT2D eigenvalue weighted by atomic mass is 19.1. The van der Waals surface area contributed by atoms with Crippen LogP contribution in [0.5, 0.6) is 0 Å². The van der Waals surface area contributed by atoms with Gasteiger partial charge in [0.25, 0.3) is 0 Å². The molecule has 1 amide bonds. The van der Waals surface area contributed by atoms with Crippen molar-refractivity contribution in [1.29, 1.82) is 0 Å². The van der Waals surface area contributed by atoms with Crippen LogP contribution in [0.2, 0.25) is 0 Å². The molecule has 1 N–H and O–H groups in total. The summed E-state index contributed by atoms with van der Waals surface area (Å²) >= 11 is 0. The normalized spacial score (nSPS) is 16.0. The van der Waals surface area contributed by atoms with Gasteiger partial charge in [-0.05, 0) is 42.9 Å². The van der Waals surface area contributed by atoms with Crippen LogP contribution in [0, 0.1) is 11.7 Å². The number of rotatable bonds is 5. The second kappa shape index (κ2) is 7.20. The van der Waals surface area contributed by atoms with E-state index in [1.54, 1.807) is 11.0 Å². The summed E-state index contributed by atoms with van der Waals surface area (Å²) < 4.78 is 13.1. The maximum absolute atomic E-state index is 13.1. The van der Waals surface area contributed by atoms with Crippen molar-refractivity contribution in [2.75, 3.05) is 13.1 Å². The van der Waals surface area contributed by atoms with Gasteiger partial charge in [-0.2, -0.15) is 0 Å². The lowest BCUT2D eigenvalue weighted by molar-refractivity contribution is -0.138. The van der Waals surface area contributed by atoms with E-state index in [2.05, 4.69) is 0 Å². The molecule has 21 heavy (non-hydrogen) atoms. The molecule has 0 radical (unpaired) electrons. The van der Waals surface area contributed by atoms with Crippen molar-refractivity contribution < 1.29 is 19.1 Å². The molecular weight excluding hydrogens is 273 g/mol. The molecule has 0 aromatic heterocycles. The number of aliphatic carboxylic acids is 1. The van der Waals surface area contributed by atoms with E-state index in [0.29, 0.717) is 25.9 Å². The summed E-state index contributed by atoms with van der Waals surface area (Å²) in [4.78, 5) is 24.5. The first-order valence-corrected chi connectivity index (χ1v) is 7.28. The van der Waals surface area contributed by atoms with Crippen LogP contribution in [0.15, 0.2) is 24.3 Å². The summed E-state index contributed by atoms with van der Waals surface area (Å²) in [7, 11) is 0. The average molecular weight is 293 g/mol.